The Kier molecular flexibility index (Phi) is 4.16. The van der Waals surface area contributed by atoms with Crippen molar-refractivity contribution in [3.8, 4) is 0 Å². The van der Waals surface area contributed by atoms with Crippen molar-refractivity contribution >= 4 is 23.7 Å². The molecular formula is C8H10N4O4. The Labute approximate surface area is 90.5 Å². The van der Waals surface area contributed by atoms with Crippen LogP contribution in [0.15, 0.2) is 12.1 Å². The Bertz CT molecular complexity index is 396. The predicted octanol–water partition coefficient (Wildman–Crippen LogP) is -0.0377. The van der Waals surface area contributed by atoms with E-state index in [9.17, 15) is 14.9 Å². The van der Waals surface area contributed by atoms with Gasteiger partial charge in [-0.15, -0.1) is 0 Å². The van der Waals surface area contributed by atoms with E-state index < -0.39 is 10.7 Å². The van der Waals surface area contributed by atoms with Crippen molar-refractivity contribution in [1.29, 1.82) is 0 Å². The summed E-state index contributed by atoms with van der Waals surface area (Å²) in [5, 5.41) is 24.1. The van der Waals surface area contributed by atoms with Crippen molar-refractivity contribution in [1.82, 2.24) is 4.98 Å². The maximum Gasteiger partial charge on any atom is 0.389 e. The minimum Gasteiger partial charge on any atom is -0.395 e. The molecule has 1 rings (SSSR count). The molecule has 0 saturated carbocycles. The van der Waals surface area contributed by atoms with Crippen LogP contribution >= 0.6 is 0 Å². The SMILES string of the molecule is O=CNc1ccc(NCCO)c([N+](=O)[O-])n1. The first kappa shape index (κ1) is 11.9. The van der Waals surface area contributed by atoms with Gasteiger partial charge in [0.05, 0.1) is 6.61 Å². The summed E-state index contributed by atoms with van der Waals surface area (Å²) in [6.45, 7) is 0.0362. The number of aliphatic hydroxyl groups is 1. The largest absolute Gasteiger partial charge is 0.395 e. The molecule has 8 nitrogen and oxygen atoms in total. The quantitative estimate of drug-likeness (QED) is 0.356. The zero-order valence-electron chi connectivity index (χ0n) is 8.21. The first-order valence-electron chi connectivity index (χ1n) is 4.39. The molecule has 0 radical (unpaired) electrons. The minimum atomic E-state index is -0.671. The molecule has 0 fully saturated rings. The number of carbonyl (C=O) groups is 1. The monoisotopic (exact) mass is 226 g/mol. The van der Waals surface area contributed by atoms with Crippen molar-refractivity contribution in [3.63, 3.8) is 0 Å². The second kappa shape index (κ2) is 5.61. The fourth-order valence-corrected chi connectivity index (χ4v) is 1.06. The molecule has 1 amide bonds. The molecule has 3 N–H and O–H groups in total. The first-order chi connectivity index (χ1) is 7.69. The number of aliphatic hydroxyl groups excluding tert-OH is 1. The molecule has 0 aromatic carbocycles. The number of amides is 1. The molecule has 0 bridgehead atoms. The Morgan fingerprint density at radius 3 is 2.88 bits per heavy atom. The van der Waals surface area contributed by atoms with Crippen LogP contribution in [0.5, 0.6) is 0 Å². The molecule has 0 saturated heterocycles. The van der Waals surface area contributed by atoms with Crippen LogP contribution in [0.25, 0.3) is 0 Å². The third kappa shape index (κ3) is 2.89. The van der Waals surface area contributed by atoms with Gasteiger partial charge in [-0.05, 0) is 16.0 Å². The van der Waals surface area contributed by atoms with Gasteiger partial charge < -0.3 is 20.5 Å². The lowest BCUT2D eigenvalue weighted by atomic mass is 10.3. The number of nitro groups is 1. The van der Waals surface area contributed by atoms with Gasteiger partial charge in [0.1, 0.15) is 5.69 Å². The average Bonchev–Trinajstić information content (AvgIpc) is 2.27. The van der Waals surface area contributed by atoms with E-state index in [1.807, 2.05) is 0 Å². The highest BCUT2D eigenvalue weighted by Crippen LogP contribution is 2.23. The Balaban J connectivity index is 2.99. The number of aromatic nitrogens is 1. The van der Waals surface area contributed by atoms with E-state index in [1.54, 1.807) is 0 Å². The van der Waals surface area contributed by atoms with Crippen molar-refractivity contribution in [2.75, 3.05) is 23.8 Å². The summed E-state index contributed by atoms with van der Waals surface area (Å²) in [5.41, 5.74) is 0.190. The van der Waals surface area contributed by atoms with Crippen molar-refractivity contribution < 1.29 is 14.8 Å². The highest BCUT2D eigenvalue weighted by molar-refractivity contribution is 5.71. The number of nitrogens with zero attached hydrogens (tertiary/aromatic N) is 2. The lowest BCUT2D eigenvalue weighted by Gasteiger charge is -2.04. The smallest absolute Gasteiger partial charge is 0.389 e. The van der Waals surface area contributed by atoms with Crippen LogP contribution in [0.4, 0.5) is 17.3 Å². The molecule has 0 aliphatic heterocycles. The summed E-state index contributed by atoms with van der Waals surface area (Å²) in [6.07, 6.45) is 0.382. The van der Waals surface area contributed by atoms with Gasteiger partial charge in [0.2, 0.25) is 12.2 Å². The number of rotatable bonds is 6. The van der Waals surface area contributed by atoms with E-state index in [0.717, 1.165) is 0 Å². The van der Waals surface area contributed by atoms with Crippen LogP contribution in [0, 0.1) is 10.1 Å². The van der Waals surface area contributed by atoms with E-state index in [-0.39, 0.29) is 24.7 Å². The predicted molar refractivity (Wildman–Crippen MR) is 56.2 cm³/mol. The number of pyridine rings is 1. The van der Waals surface area contributed by atoms with Gasteiger partial charge in [-0.25, -0.2) is 0 Å². The number of carbonyl (C=O) groups excluding carboxylic acids is 1. The van der Waals surface area contributed by atoms with Gasteiger partial charge in [0, 0.05) is 12.6 Å². The van der Waals surface area contributed by atoms with E-state index in [0.29, 0.717) is 6.41 Å². The van der Waals surface area contributed by atoms with E-state index in [4.69, 9.17) is 5.11 Å². The zero-order chi connectivity index (χ0) is 12.0. The lowest BCUT2D eigenvalue weighted by molar-refractivity contribution is -0.388. The van der Waals surface area contributed by atoms with Crippen LogP contribution in [-0.2, 0) is 4.79 Å². The van der Waals surface area contributed by atoms with Crippen molar-refractivity contribution in [2.45, 2.75) is 0 Å². The van der Waals surface area contributed by atoms with E-state index >= 15 is 0 Å². The highest BCUT2D eigenvalue weighted by atomic mass is 16.6. The normalized spacial score (nSPS) is 9.56. The first-order valence-corrected chi connectivity index (χ1v) is 4.39. The van der Waals surface area contributed by atoms with Crippen molar-refractivity contribution in [2.24, 2.45) is 0 Å². The third-order valence-corrected chi connectivity index (χ3v) is 1.68. The average molecular weight is 226 g/mol. The number of nitrogens with one attached hydrogen (secondary N) is 2. The molecule has 1 aromatic heterocycles. The van der Waals surface area contributed by atoms with Gasteiger partial charge in [-0.1, -0.05) is 0 Å². The Morgan fingerprint density at radius 2 is 2.31 bits per heavy atom. The number of hydrogen-bond acceptors (Lipinski definition) is 6. The fourth-order valence-electron chi connectivity index (χ4n) is 1.06. The molecule has 0 atom stereocenters. The maximum atomic E-state index is 10.7. The Morgan fingerprint density at radius 1 is 1.56 bits per heavy atom. The topological polar surface area (TPSA) is 117 Å². The summed E-state index contributed by atoms with van der Waals surface area (Å²) >= 11 is 0. The number of anilines is 2. The molecule has 0 spiro atoms. The van der Waals surface area contributed by atoms with Gasteiger partial charge >= 0.3 is 5.82 Å². The molecule has 1 aromatic rings. The van der Waals surface area contributed by atoms with Crippen LogP contribution in [0.3, 0.4) is 0 Å². The van der Waals surface area contributed by atoms with Crippen LogP contribution in [0.2, 0.25) is 0 Å². The zero-order valence-corrected chi connectivity index (χ0v) is 8.21. The molecule has 1 heterocycles. The van der Waals surface area contributed by atoms with Crippen LogP contribution < -0.4 is 10.6 Å². The molecule has 86 valence electrons. The molecular weight excluding hydrogens is 216 g/mol. The molecule has 16 heavy (non-hydrogen) atoms. The lowest BCUT2D eigenvalue weighted by Crippen LogP contribution is -2.09. The summed E-state index contributed by atoms with van der Waals surface area (Å²) < 4.78 is 0. The summed E-state index contributed by atoms with van der Waals surface area (Å²) in [4.78, 5) is 23.8. The summed E-state index contributed by atoms with van der Waals surface area (Å²) in [7, 11) is 0. The van der Waals surface area contributed by atoms with Gasteiger partial charge in [0.15, 0.2) is 0 Å². The third-order valence-electron chi connectivity index (χ3n) is 1.68. The highest BCUT2D eigenvalue weighted by Gasteiger charge is 2.16. The fraction of sp³-hybridized carbons (Fsp3) is 0.250. The van der Waals surface area contributed by atoms with E-state index in [1.165, 1.54) is 12.1 Å². The van der Waals surface area contributed by atoms with Gasteiger partial charge in [0.25, 0.3) is 0 Å². The molecule has 0 unspecified atom stereocenters. The van der Waals surface area contributed by atoms with Crippen LogP contribution in [-0.4, -0.2) is 34.6 Å². The van der Waals surface area contributed by atoms with E-state index in [2.05, 4.69) is 15.6 Å². The molecule has 0 aliphatic carbocycles. The number of hydrogen-bond donors (Lipinski definition) is 3. The summed E-state index contributed by atoms with van der Waals surface area (Å²) in [6, 6.07) is 2.83. The van der Waals surface area contributed by atoms with Crippen molar-refractivity contribution in [3.05, 3.63) is 22.2 Å². The minimum absolute atomic E-state index is 0.0937. The van der Waals surface area contributed by atoms with Gasteiger partial charge in [-0.2, -0.15) is 0 Å². The standard InChI is InChI=1S/C8H10N4O4/c13-4-3-9-6-1-2-7(10-5-14)11-8(6)12(15)16/h1-2,5,9,13H,3-4H2,(H,10,11,14). The van der Waals surface area contributed by atoms with Crippen LogP contribution in [0.1, 0.15) is 0 Å². The molecule has 8 heteroatoms. The maximum absolute atomic E-state index is 10.7. The summed E-state index contributed by atoms with van der Waals surface area (Å²) in [5.74, 6) is -0.309. The second-order valence-corrected chi connectivity index (χ2v) is 2.74. The molecule has 0 aliphatic rings. The van der Waals surface area contributed by atoms with Gasteiger partial charge in [-0.3, -0.25) is 10.1 Å². The second-order valence-electron chi connectivity index (χ2n) is 2.74. The Hall–Kier alpha value is -2.22.